The molecule has 0 aromatic carbocycles. The number of hydrogen-bond donors (Lipinski definition) is 2. The first-order valence-corrected chi connectivity index (χ1v) is 6.01. The molecule has 0 amide bonds. The van der Waals surface area contributed by atoms with Crippen molar-refractivity contribution < 1.29 is 14.7 Å². The summed E-state index contributed by atoms with van der Waals surface area (Å²) in [6.07, 6.45) is 2.43. The van der Waals surface area contributed by atoms with Crippen LogP contribution in [-0.4, -0.2) is 32.3 Å². The maximum atomic E-state index is 12.2. The van der Waals surface area contributed by atoms with Gasteiger partial charge >= 0.3 is 6.09 Å². The predicted octanol–water partition coefficient (Wildman–Crippen LogP) is 1.91. The Hall–Kier alpha value is -2.57. The standard InChI is InChI=1S/C13H16N4O3/c1-13(2,3)20-12(18)17-7-9(10(14)16-19)8-5-4-6-15-11(8)17/h4-7,19H,1-3H3,(H2,14,16). The van der Waals surface area contributed by atoms with Crippen LogP contribution in [0.2, 0.25) is 0 Å². The van der Waals surface area contributed by atoms with Gasteiger partial charge in [0.25, 0.3) is 0 Å². The normalized spacial score (nSPS) is 12.7. The zero-order valence-electron chi connectivity index (χ0n) is 11.5. The number of carbonyl (C=O) groups is 1. The topological polar surface area (TPSA) is 103 Å². The fraction of sp³-hybridized carbons (Fsp3) is 0.308. The SMILES string of the molecule is CC(C)(C)OC(=O)n1cc(C(N)=NO)c2cccnc21. The number of amidine groups is 1. The number of aromatic nitrogens is 2. The van der Waals surface area contributed by atoms with Crippen molar-refractivity contribution in [3.63, 3.8) is 0 Å². The lowest BCUT2D eigenvalue weighted by Crippen LogP contribution is -2.27. The Bertz CT molecular complexity index is 682. The number of carbonyl (C=O) groups excluding carboxylic acids is 1. The first kappa shape index (κ1) is 13.9. The van der Waals surface area contributed by atoms with Gasteiger partial charge in [0, 0.05) is 23.3 Å². The average Bonchev–Trinajstić information content (AvgIpc) is 2.75. The van der Waals surface area contributed by atoms with Gasteiger partial charge in [-0.1, -0.05) is 5.16 Å². The molecule has 0 aliphatic rings. The van der Waals surface area contributed by atoms with Crippen molar-refractivity contribution >= 4 is 23.0 Å². The number of pyridine rings is 1. The summed E-state index contributed by atoms with van der Waals surface area (Å²) in [6, 6.07) is 3.44. The minimum absolute atomic E-state index is 0.0923. The lowest BCUT2D eigenvalue weighted by Gasteiger charge is -2.19. The summed E-state index contributed by atoms with van der Waals surface area (Å²) in [5.74, 6) is -0.0923. The van der Waals surface area contributed by atoms with Gasteiger partial charge in [-0.25, -0.2) is 14.3 Å². The maximum absolute atomic E-state index is 12.2. The van der Waals surface area contributed by atoms with Gasteiger partial charge < -0.3 is 15.7 Å². The van der Waals surface area contributed by atoms with Crippen LogP contribution in [0.4, 0.5) is 4.79 Å². The van der Waals surface area contributed by atoms with Crippen molar-refractivity contribution in [1.29, 1.82) is 0 Å². The number of oxime groups is 1. The molecular formula is C13H16N4O3. The molecule has 0 saturated heterocycles. The smallest absolute Gasteiger partial charge is 0.420 e. The second kappa shape index (κ2) is 4.84. The van der Waals surface area contributed by atoms with Gasteiger partial charge in [0.1, 0.15) is 11.2 Å². The van der Waals surface area contributed by atoms with E-state index >= 15 is 0 Å². The van der Waals surface area contributed by atoms with Gasteiger partial charge in [-0.2, -0.15) is 0 Å². The maximum Gasteiger partial charge on any atom is 0.420 e. The molecule has 0 unspecified atom stereocenters. The molecule has 0 fully saturated rings. The van der Waals surface area contributed by atoms with Crippen LogP contribution in [0.3, 0.4) is 0 Å². The molecular weight excluding hydrogens is 260 g/mol. The highest BCUT2D eigenvalue weighted by molar-refractivity contribution is 6.09. The molecule has 0 saturated carbocycles. The molecule has 7 heteroatoms. The van der Waals surface area contributed by atoms with E-state index in [9.17, 15) is 4.79 Å². The van der Waals surface area contributed by atoms with Gasteiger partial charge in [-0.3, -0.25) is 0 Å². The van der Waals surface area contributed by atoms with E-state index < -0.39 is 11.7 Å². The number of nitrogens with two attached hydrogens (primary N) is 1. The Kier molecular flexibility index (Phi) is 3.35. The van der Waals surface area contributed by atoms with E-state index in [0.717, 1.165) is 0 Å². The summed E-state index contributed by atoms with van der Waals surface area (Å²) in [4.78, 5) is 16.3. The molecule has 0 radical (unpaired) electrons. The van der Waals surface area contributed by atoms with Crippen LogP contribution in [0.5, 0.6) is 0 Å². The summed E-state index contributed by atoms with van der Waals surface area (Å²) in [7, 11) is 0. The van der Waals surface area contributed by atoms with E-state index in [4.69, 9.17) is 15.7 Å². The van der Waals surface area contributed by atoms with Crippen molar-refractivity contribution in [3.8, 4) is 0 Å². The summed E-state index contributed by atoms with van der Waals surface area (Å²) in [5.41, 5.74) is 5.79. The van der Waals surface area contributed by atoms with Gasteiger partial charge in [0.15, 0.2) is 5.84 Å². The number of fused-ring (bicyclic) bond motifs is 1. The van der Waals surface area contributed by atoms with Crippen LogP contribution < -0.4 is 5.73 Å². The third-order valence-corrected chi connectivity index (χ3v) is 2.54. The van der Waals surface area contributed by atoms with Gasteiger partial charge in [0.05, 0.1) is 0 Å². The van der Waals surface area contributed by atoms with Crippen LogP contribution >= 0.6 is 0 Å². The van der Waals surface area contributed by atoms with Gasteiger partial charge in [0.2, 0.25) is 0 Å². The van der Waals surface area contributed by atoms with E-state index in [2.05, 4.69) is 10.1 Å². The predicted molar refractivity (Wildman–Crippen MR) is 73.9 cm³/mol. The van der Waals surface area contributed by atoms with Gasteiger partial charge in [-0.15, -0.1) is 0 Å². The zero-order valence-corrected chi connectivity index (χ0v) is 11.5. The summed E-state index contributed by atoms with van der Waals surface area (Å²) in [5, 5.41) is 12.4. The highest BCUT2D eigenvalue weighted by Gasteiger charge is 2.22. The largest absolute Gasteiger partial charge is 0.443 e. The monoisotopic (exact) mass is 276 g/mol. The van der Waals surface area contributed by atoms with Crippen molar-refractivity contribution in [2.45, 2.75) is 26.4 Å². The minimum atomic E-state index is -0.626. The molecule has 20 heavy (non-hydrogen) atoms. The molecule has 2 heterocycles. The third kappa shape index (κ3) is 2.56. The van der Waals surface area contributed by atoms with Crippen LogP contribution in [0.15, 0.2) is 29.7 Å². The molecule has 0 bridgehead atoms. The van der Waals surface area contributed by atoms with Crippen LogP contribution in [0, 0.1) is 0 Å². The van der Waals surface area contributed by atoms with E-state index in [1.54, 1.807) is 39.1 Å². The van der Waals surface area contributed by atoms with Gasteiger partial charge in [-0.05, 0) is 32.9 Å². The van der Waals surface area contributed by atoms with Crippen molar-refractivity contribution in [2.75, 3.05) is 0 Å². The molecule has 0 aliphatic heterocycles. The molecule has 0 spiro atoms. The lowest BCUT2D eigenvalue weighted by atomic mass is 10.2. The van der Waals surface area contributed by atoms with Crippen LogP contribution in [0.25, 0.3) is 11.0 Å². The fourth-order valence-electron chi connectivity index (χ4n) is 1.77. The van der Waals surface area contributed by atoms with E-state index in [-0.39, 0.29) is 5.84 Å². The minimum Gasteiger partial charge on any atom is -0.443 e. The molecule has 7 nitrogen and oxygen atoms in total. The quantitative estimate of drug-likeness (QED) is 0.358. The number of hydrogen-bond acceptors (Lipinski definition) is 5. The molecule has 106 valence electrons. The number of rotatable bonds is 1. The van der Waals surface area contributed by atoms with Crippen LogP contribution in [0.1, 0.15) is 26.3 Å². The molecule has 2 aromatic rings. The summed E-state index contributed by atoms with van der Waals surface area (Å²) >= 11 is 0. The fourth-order valence-corrected chi connectivity index (χ4v) is 1.77. The average molecular weight is 276 g/mol. The second-order valence-corrected chi connectivity index (χ2v) is 5.25. The first-order valence-electron chi connectivity index (χ1n) is 6.01. The van der Waals surface area contributed by atoms with Crippen molar-refractivity contribution in [3.05, 3.63) is 30.1 Å². The Morgan fingerprint density at radius 3 is 2.80 bits per heavy atom. The van der Waals surface area contributed by atoms with E-state index in [1.165, 1.54) is 10.8 Å². The molecule has 2 aromatic heterocycles. The van der Waals surface area contributed by atoms with E-state index in [1.807, 2.05) is 0 Å². The van der Waals surface area contributed by atoms with E-state index in [0.29, 0.717) is 16.6 Å². The second-order valence-electron chi connectivity index (χ2n) is 5.25. The summed E-state index contributed by atoms with van der Waals surface area (Å²) in [6.45, 7) is 5.32. The Morgan fingerprint density at radius 2 is 2.20 bits per heavy atom. The first-order chi connectivity index (χ1) is 9.33. The Balaban J connectivity index is 2.57. The lowest BCUT2D eigenvalue weighted by molar-refractivity contribution is 0.0543. The Morgan fingerprint density at radius 1 is 1.50 bits per heavy atom. The molecule has 0 aliphatic carbocycles. The number of ether oxygens (including phenoxy) is 1. The number of nitrogens with zero attached hydrogens (tertiary/aromatic N) is 3. The highest BCUT2D eigenvalue weighted by Crippen LogP contribution is 2.20. The molecule has 2 rings (SSSR count). The highest BCUT2D eigenvalue weighted by atomic mass is 16.6. The van der Waals surface area contributed by atoms with Crippen LogP contribution in [-0.2, 0) is 4.74 Å². The van der Waals surface area contributed by atoms with Crippen molar-refractivity contribution in [1.82, 2.24) is 9.55 Å². The molecule has 0 atom stereocenters. The third-order valence-electron chi connectivity index (χ3n) is 2.54. The molecule has 3 N–H and O–H groups in total. The Labute approximate surface area is 115 Å². The summed E-state index contributed by atoms with van der Waals surface area (Å²) < 4.78 is 6.54. The zero-order chi connectivity index (χ0) is 14.9. The van der Waals surface area contributed by atoms with Crippen molar-refractivity contribution in [2.24, 2.45) is 10.9 Å².